The second kappa shape index (κ2) is 3.85. The number of hydrogen-bond acceptors (Lipinski definition) is 1. The van der Waals surface area contributed by atoms with Gasteiger partial charge in [-0.3, -0.25) is 0 Å². The summed E-state index contributed by atoms with van der Waals surface area (Å²) >= 11 is 0. The van der Waals surface area contributed by atoms with Crippen molar-refractivity contribution in [3.8, 4) is 0 Å². The molecule has 0 bridgehead atoms. The molecule has 1 aliphatic heterocycles. The summed E-state index contributed by atoms with van der Waals surface area (Å²) in [5, 5.41) is 1.35. The van der Waals surface area contributed by atoms with E-state index in [1.54, 1.807) is 0 Å². The fourth-order valence-corrected chi connectivity index (χ4v) is 2.62. The highest BCUT2D eigenvalue weighted by Crippen LogP contribution is 2.24. The maximum atomic E-state index is 2.51. The van der Waals surface area contributed by atoms with Crippen LogP contribution in [0, 0.1) is 0 Å². The number of aryl methyl sites for hydroxylation is 1. The zero-order chi connectivity index (χ0) is 11.0. The normalized spacial score (nSPS) is 16.9. The van der Waals surface area contributed by atoms with Crippen molar-refractivity contribution in [3.05, 3.63) is 30.5 Å². The summed E-state index contributed by atoms with van der Waals surface area (Å²) in [6, 6.07) is 9.01. The van der Waals surface area contributed by atoms with Gasteiger partial charge < -0.3 is 9.47 Å². The van der Waals surface area contributed by atoms with Crippen LogP contribution >= 0.6 is 0 Å². The zero-order valence-corrected chi connectivity index (χ0v) is 9.82. The average Bonchev–Trinajstić information content (AvgIpc) is 2.72. The van der Waals surface area contributed by atoms with Crippen LogP contribution in [0.15, 0.2) is 30.5 Å². The molecule has 0 radical (unpaired) electrons. The maximum Gasteiger partial charge on any atom is 0.0479 e. The molecule has 1 aliphatic rings. The quantitative estimate of drug-likeness (QED) is 0.708. The minimum atomic E-state index is 1.22. The topological polar surface area (TPSA) is 8.17 Å². The van der Waals surface area contributed by atoms with Gasteiger partial charge in [-0.05, 0) is 43.5 Å². The fourth-order valence-electron chi connectivity index (χ4n) is 2.62. The molecule has 2 nitrogen and oxygen atoms in total. The van der Waals surface area contributed by atoms with Crippen molar-refractivity contribution in [1.29, 1.82) is 0 Å². The van der Waals surface area contributed by atoms with E-state index in [2.05, 4.69) is 47.0 Å². The van der Waals surface area contributed by atoms with E-state index in [0.717, 1.165) is 0 Å². The van der Waals surface area contributed by atoms with Crippen molar-refractivity contribution in [2.45, 2.75) is 19.3 Å². The van der Waals surface area contributed by atoms with Crippen LogP contribution < -0.4 is 4.90 Å². The molecule has 1 aromatic heterocycles. The van der Waals surface area contributed by atoms with E-state index in [-0.39, 0.29) is 0 Å². The van der Waals surface area contributed by atoms with E-state index in [4.69, 9.17) is 0 Å². The Morgan fingerprint density at radius 1 is 1.00 bits per heavy atom. The first-order valence-electron chi connectivity index (χ1n) is 6.15. The summed E-state index contributed by atoms with van der Waals surface area (Å²) in [5.41, 5.74) is 2.71. The van der Waals surface area contributed by atoms with Crippen LogP contribution in [0.25, 0.3) is 10.9 Å². The molecule has 2 heterocycles. The van der Waals surface area contributed by atoms with Crippen LogP contribution in [0.1, 0.15) is 19.3 Å². The molecular weight excluding hydrogens is 196 g/mol. The predicted octanol–water partition coefficient (Wildman–Crippen LogP) is 3.17. The van der Waals surface area contributed by atoms with Crippen LogP contribution in [0.5, 0.6) is 0 Å². The number of anilines is 1. The Bertz CT molecular complexity index is 492. The van der Waals surface area contributed by atoms with Crippen LogP contribution in [0.3, 0.4) is 0 Å². The first kappa shape index (κ1) is 9.76. The molecule has 1 fully saturated rings. The molecule has 2 heteroatoms. The van der Waals surface area contributed by atoms with Gasteiger partial charge in [-0.2, -0.15) is 0 Å². The second-order valence-corrected chi connectivity index (χ2v) is 4.72. The van der Waals surface area contributed by atoms with Gasteiger partial charge in [0.25, 0.3) is 0 Å². The van der Waals surface area contributed by atoms with Crippen LogP contribution in [0.4, 0.5) is 5.69 Å². The van der Waals surface area contributed by atoms with E-state index < -0.39 is 0 Å². The average molecular weight is 214 g/mol. The van der Waals surface area contributed by atoms with E-state index in [9.17, 15) is 0 Å². The Balaban J connectivity index is 1.97. The van der Waals surface area contributed by atoms with Crippen molar-refractivity contribution >= 4 is 16.6 Å². The molecule has 0 atom stereocenters. The zero-order valence-electron chi connectivity index (χ0n) is 9.82. The van der Waals surface area contributed by atoms with Gasteiger partial charge in [0.05, 0.1) is 0 Å². The summed E-state index contributed by atoms with van der Waals surface area (Å²) in [5.74, 6) is 0. The lowest BCUT2D eigenvalue weighted by Crippen LogP contribution is -2.29. The maximum absolute atomic E-state index is 2.51. The van der Waals surface area contributed by atoms with Gasteiger partial charge in [0.1, 0.15) is 0 Å². The lowest BCUT2D eigenvalue weighted by atomic mass is 10.1. The number of hydrogen-bond donors (Lipinski definition) is 0. The lowest BCUT2D eigenvalue weighted by molar-refractivity contribution is 0.578. The van der Waals surface area contributed by atoms with Crippen LogP contribution in [-0.4, -0.2) is 17.7 Å². The van der Waals surface area contributed by atoms with Crippen molar-refractivity contribution in [2.24, 2.45) is 7.05 Å². The molecule has 84 valence electrons. The first-order chi connectivity index (χ1) is 7.84. The predicted molar refractivity (Wildman–Crippen MR) is 69.0 cm³/mol. The highest BCUT2D eigenvalue weighted by molar-refractivity contribution is 5.83. The highest BCUT2D eigenvalue weighted by Gasteiger charge is 2.11. The van der Waals surface area contributed by atoms with E-state index in [1.165, 1.54) is 48.9 Å². The number of aromatic nitrogens is 1. The number of benzene rings is 1. The van der Waals surface area contributed by atoms with Gasteiger partial charge in [0, 0.05) is 42.9 Å². The molecule has 0 aliphatic carbocycles. The molecular formula is C14H18N2. The number of fused-ring (bicyclic) bond motifs is 1. The third-order valence-electron chi connectivity index (χ3n) is 3.59. The van der Waals surface area contributed by atoms with E-state index >= 15 is 0 Å². The minimum absolute atomic E-state index is 1.22. The van der Waals surface area contributed by atoms with Crippen molar-refractivity contribution in [2.75, 3.05) is 18.0 Å². The summed E-state index contributed by atoms with van der Waals surface area (Å²) in [7, 11) is 2.10. The summed E-state index contributed by atoms with van der Waals surface area (Å²) < 4.78 is 2.18. The van der Waals surface area contributed by atoms with Crippen LogP contribution in [-0.2, 0) is 7.05 Å². The third-order valence-corrected chi connectivity index (χ3v) is 3.59. The Labute approximate surface area is 96.5 Å². The highest BCUT2D eigenvalue weighted by atomic mass is 15.1. The van der Waals surface area contributed by atoms with Gasteiger partial charge in [0.2, 0.25) is 0 Å². The number of rotatable bonds is 1. The monoisotopic (exact) mass is 214 g/mol. The smallest absolute Gasteiger partial charge is 0.0479 e. The first-order valence-corrected chi connectivity index (χ1v) is 6.15. The van der Waals surface area contributed by atoms with E-state index in [1.807, 2.05) is 0 Å². The van der Waals surface area contributed by atoms with Gasteiger partial charge >= 0.3 is 0 Å². The SMILES string of the molecule is Cn1ccc2cc(N3CCCCC3)ccc21. The van der Waals surface area contributed by atoms with Gasteiger partial charge in [-0.15, -0.1) is 0 Å². The fraction of sp³-hybridized carbons (Fsp3) is 0.429. The van der Waals surface area contributed by atoms with Crippen molar-refractivity contribution in [3.63, 3.8) is 0 Å². The Hall–Kier alpha value is -1.44. The van der Waals surface area contributed by atoms with Crippen LogP contribution in [0.2, 0.25) is 0 Å². The standard InChI is InChI=1S/C14H18N2/c1-15-10-7-12-11-13(5-6-14(12)15)16-8-3-2-4-9-16/h5-7,10-11H,2-4,8-9H2,1H3. The molecule has 1 aromatic carbocycles. The van der Waals surface area contributed by atoms with E-state index in [0.29, 0.717) is 0 Å². The molecule has 16 heavy (non-hydrogen) atoms. The molecule has 0 amide bonds. The molecule has 0 saturated carbocycles. The van der Waals surface area contributed by atoms with Gasteiger partial charge in [-0.1, -0.05) is 0 Å². The molecule has 1 saturated heterocycles. The Morgan fingerprint density at radius 3 is 2.62 bits per heavy atom. The Kier molecular flexibility index (Phi) is 2.35. The summed E-state index contributed by atoms with van der Waals surface area (Å²) in [6.45, 7) is 2.44. The molecule has 0 unspecified atom stereocenters. The lowest BCUT2D eigenvalue weighted by Gasteiger charge is -2.28. The second-order valence-electron chi connectivity index (χ2n) is 4.72. The molecule has 0 N–H and O–H groups in total. The Morgan fingerprint density at radius 2 is 1.81 bits per heavy atom. The minimum Gasteiger partial charge on any atom is -0.372 e. The van der Waals surface area contributed by atoms with Gasteiger partial charge in [-0.25, -0.2) is 0 Å². The number of piperidine rings is 1. The summed E-state index contributed by atoms with van der Waals surface area (Å²) in [6.07, 6.45) is 6.20. The third kappa shape index (κ3) is 1.58. The summed E-state index contributed by atoms with van der Waals surface area (Å²) in [4.78, 5) is 2.51. The van der Waals surface area contributed by atoms with Crippen molar-refractivity contribution < 1.29 is 0 Å². The number of nitrogens with zero attached hydrogens (tertiary/aromatic N) is 2. The van der Waals surface area contributed by atoms with Crippen molar-refractivity contribution in [1.82, 2.24) is 4.57 Å². The molecule has 0 spiro atoms. The molecule has 3 rings (SSSR count). The molecule has 2 aromatic rings. The largest absolute Gasteiger partial charge is 0.372 e. The van der Waals surface area contributed by atoms with Gasteiger partial charge in [0.15, 0.2) is 0 Å².